The van der Waals surface area contributed by atoms with Gasteiger partial charge >= 0.3 is 5.69 Å². The van der Waals surface area contributed by atoms with Gasteiger partial charge in [0, 0.05) is 24.6 Å². The molecule has 9 nitrogen and oxygen atoms in total. The Morgan fingerprint density at radius 1 is 1.00 bits per heavy atom. The van der Waals surface area contributed by atoms with Gasteiger partial charge in [-0.3, -0.25) is 14.3 Å². The Kier molecular flexibility index (Phi) is 6.84. The Hall–Kier alpha value is -3.07. The molecule has 1 N–H and O–H groups in total. The maximum atomic E-state index is 12.4. The summed E-state index contributed by atoms with van der Waals surface area (Å²) < 4.78 is 24.5. The monoisotopic (exact) mass is 482 g/mol. The third kappa shape index (κ3) is 5.52. The Labute approximate surface area is 195 Å². The van der Waals surface area contributed by atoms with Crippen LogP contribution in [0.2, 0.25) is 0 Å². The number of nitrogens with one attached hydrogen (secondary N) is 1. The molecule has 2 aromatic carbocycles. The molecule has 0 fully saturated rings. The average molecular weight is 482 g/mol. The second kappa shape index (κ2) is 9.66. The molecule has 0 unspecified atom stereocenters. The van der Waals surface area contributed by atoms with Crippen molar-refractivity contribution in [1.29, 1.82) is 0 Å². The first-order valence-corrected chi connectivity index (χ1v) is 12.1. The summed E-state index contributed by atoms with van der Waals surface area (Å²) in [6.45, 7) is 1.55. The number of ether oxygens (including phenoxy) is 1. The van der Waals surface area contributed by atoms with E-state index in [1.807, 2.05) is 12.1 Å². The maximum Gasteiger partial charge on any atom is 0.330 e. The number of phosphoric ester groups is 1. The van der Waals surface area contributed by atoms with E-state index in [2.05, 4.69) is 4.98 Å². The number of aromatic amines is 1. The van der Waals surface area contributed by atoms with Gasteiger partial charge in [0.25, 0.3) is 5.56 Å². The molecular weight excluding hydrogens is 459 g/mol. The van der Waals surface area contributed by atoms with Crippen molar-refractivity contribution in [3.8, 4) is 0 Å². The number of aryl methyl sites for hydroxylation is 1. The van der Waals surface area contributed by atoms with E-state index in [0.717, 1.165) is 11.1 Å². The lowest BCUT2D eigenvalue weighted by molar-refractivity contribution is -0.352. The Bertz CT molecular complexity index is 1290. The number of nitrogens with zero attached hydrogens (tertiary/aromatic N) is 1. The second-order valence-electron chi connectivity index (χ2n) is 8.24. The fraction of sp³-hybridized carbons (Fsp3) is 0.250. The van der Waals surface area contributed by atoms with Crippen LogP contribution in [0.15, 0.2) is 88.6 Å². The van der Waals surface area contributed by atoms with Crippen LogP contribution in [-0.2, 0) is 26.7 Å². The maximum absolute atomic E-state index is 12.4. The minimum absolute atomic E-state index is 0.0540. The predicted molar refractivity (Wildman–Crippen MR) is 121 cm³/mol. The van der Waals surface area contributed by atoms with Crippen LogP contribution in [0.3, 0.4) is 0 Å². The highest BCUT2D eigenvalue weighted by molar-refractivity contribution is 7.43. The molecule has 2 atom stereocenters. The number of phosphoric acid groups is 1. The standard InChI is InChI=1S/C24H25N2O7P/c1-17-16-26(23(28)25-22(17)27)21-13-12-20(32-21)24(33-34(29,30)31,14-18-8-4-2-5-9-18)15-19-10-6-3-7-11-19/h2-13,16,20-21H,14-15H2,1H3,(H,25,27,28)(H2,29,30,31)/p-2/t20-,21+/m0/s1. The molecule has 1 aliphatic heterocycles. The molecule has 0 saturated carbocycles. The van der Waals surface area contributed by atoms with Gasteiger partial charge in [-0.1, -0.05) is 66.7 Å². The van der Waals surface area contributed by atoms with E-state index < -0.39 is 37.0 Å². The number of H-pyrrole nitrogens is 1. The number of hydrogen-bond acceptors (Lipinski definition) is 7. The number of aromatic nitrogens is 2. The van der Waals surface area contributed by atoms with E-state index >= 15 is 0 Å². The lowest BCUT2D eigenvalue weighted by atomic mass is 9.83. The van der Waals surface area contributed by atoms with Crippen molar-refractivity contribution in [2.75, 3.05) is 0 Å². The summed E-state index contributed by atoms with van der Waals surface area (Å²) in [5, 5.41) is 0. The highest BCUT2D eigenvalue weighted by Gasteiger charge is 2.44. The molecule has 34 heavy (non-hydrogen) atoms. The van der Waals surface area contributed by atoms with Crippen LogP contribution in [0.5, 0.6) is 0 Å². The van der Waals surface area contributed by atoms with Crippen molar-refractivity contribution in [2.45, 2.75) is 37.7 Å². The van der Waals surface area contributed by atoms with E-state index in [1.54, 1.807) is 67.6 Å². The molecular formula is C24H23N2O7P-2. The highest BCUT2D eigenvalue weighted by Crippen LogP contribution is 2.43. The van der Waals surface area contributed by atoms with Gasteiger partial charge in [0.15, 0.2) is 6.23 Å². The summed E-state index contributed by atoms with van der Waals surface area (Å²) in [5.41, 5.74) is -1.02. The first kappa shape index (κ1) is 24.1. The topological polar surface area (TPSA) is 137 Å². The van der Waals surface area contributed by atoms with Crippen LogP contribution < -0.4 is 21.0 Å². The summed E-state index contributed by atoms with van der Waals surface area (Å²) in [5.74, 6) is 0. The van der Waals surface area contributed by atoms with Crippen molar-refractivity contribution < 1.29 is 23.6 Å². The summed E-state index contributed by atoms with van der Waals surface area (Å²) in [7, 11) is -5.46. The summed E-state index contributed by atoms with van der Waals surface area (Å²) in [6, 6.07) is 18.0. The zero-order valence-electron chi connectivity index (χ0n) is 18.3. The average Bonchev–Trinajstić information content (AvgIpc) is 3.27. The van der Waals surface area contributed by atoms with Gasteiger partial charge in [-0.05, 0) is 24.1 Å². The SMILES string of the molecule is Cc1cn([C@H]2C=C[C@@H](C(Cc3ccccc3)(Cc3ccccc3)OP(=O)([O-])[O-])O2)c(=O)[nH]c1=O. The largest absolute Gasteiger partial charge is 0.790 e. The molecule has 1 aromatic heterocycles. The van der Waals surface area contributed by atoms with Gasteiger partial charge < -0.3 is 23.6 Å². The van der Waals surface area contributed by atoms with E-state index in [-0.39, 0.29) is 12.8 Å². The molecule has 0 bridgehead atoms. The third-order valence-corrected chi connectivity index (χ3v) is 6.25. The Morgan fingerprint density at radius 3 is 2.09 bits per heavy atom. The molecule has 178 valence electrons. The van der Waals surface area contributed by atoms with Crippen molar-refractivity contribution in [1.82, 2.24) is 9.55 Å². The molecule has 0 spiro atoms. The normalized spacial score (nSPS) is 18.3. The van der Waals surface area contributed by atoms with Gasteiger partial charge in [-0.25, -0.2) is 4.79 Å². The van der Waals surface area contributed by atoms with Crippen LogP contribution in [0, 0.1) is 6.92 Å². The third-order valence-electron chi connectivity index (χ3n) is 5.66. The van der Waals surface area contributed by atoms with E-state index in [4.69, 9.17) is 9.26 Å². The predicted octanol–water partition coefficient (Wildman–Crippen LogP) is 1.37. The molecule has 10 heteroatoms. The Morgan fingerprint density at radius 2 is 1.56 bits per heavy atom. The van der Waals surface area contributed by atoms with Gasteiger partial charge in [0.1, 0.15) is 11.7 Å². The van der Waals surface area contributed by atoms with Crippen LogP contribution in [-0.4, -0.2) is 21.3 Å². The van der Waals surface area contributed by atoms with E-state index in [1.165, 1.54) is 10.8 Å². The van der Waals surface area contributed by atoms with Crippen molar-refractivity contribution in [3.05, 3.63) is 117 Å². The molecule has 2 heterocycles. The highest BCUT2D eigenvalue weighted by atomic mass is 31.2. The molecule has 0 aliphatic carbocycles. The number of hydrogen-bond donors (Lipinski definition) is 1. The van der Waals surface area contributed by atoms with Gasteiger partial charge in [-0.15, -0.1) is 0 Å². The smallest absolute Gasteiger partial charge is 0.330 e. The first-order chi connectivity index (χ1) is 16.2. The number of rotatable bonds is 8. The van der Waals surface area contributed by atoms with Gasteiger partial charge in [-0.2, -0.15) is 0 Å². The lowest BCUT2D eigenvalue weighted by Gasteiger charge is -2.45. The van der Waals surface area contributed by atoms with E-state index in [0.29, 0.717) is 5.56 Å². The molecule has 4 rings (SSSR count). The van der Waals surface area contributed by atoms with Crippen molar-refractivity contribution in [3.63, 3.8) is 0 Å². The van der Waals surface area contributed by atoms with Crippen LogP contribution in [0.25, 0.3) is 0 Å². The summed E-state index contributed by atoms with van der Waals surface area (Å²) in [4.78, 5) is 50.2. The fourth-order valence-corrected chi connectivity index (χ4v) is 4.83. The molecule has 0 saturated heterocycles. The van der Waals surface area contributed by atoms with Crippen molar-refractivity contribution in [2.24, 2.45) is 0 Å². The Balaban J connectivity index is 1.76. The molecule has 0 amide bonds. The van der Waals surface area contributed by atoms with E-state index in [9.17, 15) is 23.9 Å². The van der Waals surface area contributed by atoms with Gasteiger partial charge in [0.2, 0.25) is 0 Å². The number of benzene rings is 2. The quantitative estimate of drug-likeness (QED) is 0.378. The van der Waals surface area contributed by atoms with Gasteiger partial charge in [0.05, 0.1) is 7.82 Å². The zero-order chi connectivity index (χ0) is 24.3. The second-order valence-corrected chi connectivity index (χ2v) is 9.32. The first-order valence-electron chi connectivity index (χ1n) is 10.6. The minimum atomic E-state index is -5.46. The lowest BCUT2D eigenvalue weighted by Crippen LogP contribution is -2.50. The summed E-state index contributed by atoms with van der Waals surface area (Å²) >= 11 is 0. The summed E-state index contributed by atoms with van der Waals surface area (Å²) in [6.07, 6.45) is 2.70. The fourth-order valence-electron chi connectivity index (χ4n) is 4.16. The van der Waals surface area contributed by atoms with Crippen LogP contribution in [0.4, 0.5) is 0 Å². The van der Waals surface area contributed by atoms with Crippen LogP contribution >= 0.6 is 7.82 Å². The van der Waals surface area contributed by atoms with Crippen molar-refractivity contribution >= 4 is 7.82 Å². The van der Waals surface area contributed by atoms with Crippen LogP contribution in [0.1, 0.15) is 22.9 Å². The minimum Gasteiger partial charge on any atom is -0.790 e. The molecule has 0 radical (unpaired) electrons. The molecule has 3 aromatic rings. The molecule has 1 aliphatic rings. The zero-order valence-corrected chi connectivity index (χ0v) is 19.2.